The van der Waals surface area contributed by atoms with E-state index >= 15 is 0 Å². The second kappa shape index (κ2) is 5.12. The predicted molar refractivity (Wildman–Crippen MR) is 63.7 cm³/mol. The van der Waals surface area contributed by atoms with Gasteiger partial charge in [-0.05, 0) is 23.1 Å². The van der Waals surface area contributed by atoms with E-state index in [4.69, 9.17) is 0 Å². The number of benzene rings is 1. The first-order valence-electron chi connectivity index (χ1n) is 5.87. The Labute approximate surface area is 96.2 Å². The Bertz CT molecular complexity index is 388. The molecule has 1 amide bonds. The smallest absolute Gasteiger partial charge is 0.220 e. The van der Waals surface area contributed by atoms with Crippen molar-refractivity contribution in [2.24, 2.45) is 0 Å². The van der Waals surface area contributed by atoms with Gasteiger partial charge in [0, 0.05) is 26.1 Å². The summed E-state index contributed by atoms with van der Waals surface area (Å²) in [6.07, 6.45) is 1.52. The molecule has 0 spiro atoms. The zero-order chi connectivity index (χ0) is 11.4. The van der Waals surface area contributed by atoms with Gasteiger partial charge in [0.15, 0.2) is 0 Å². The summed E-state index contributed by atoms with van der Waals surface area (Å²) in [6.45, 7) is 4.58. The summed E-state index contributed by atoms with van der Waals surface area (Å²) in [5.41, 5.74) is 3.93. The molecule has 0 saturated heterocycles. The van der Waals surface area contributed by atoms with Crippen LogP contribution in [0.25, 0.3) is 0 Å². The number of carbonyl (C=O) groups excluding carboxylic acids is 1. The Hall–Kier alpha value is -1.35. The summed E-state index contributed by atoms with van der Waals surface area (Å²) in [7, 11) is 0. The summed E-state index contributed by atoms with van der Waals surface area (Å²) < 4.78 is 0. The first-order chi connectivity index (χ1) is 7.79. The number of carbonyl (C=O) groups is 1. The third-order valence-electron chi connectivity index (χ3n) is 2.87. The van der Waals surface area contributed by atoms with Crippen LogP contribution < -0.4 is 10.6 Å². The van der Waals surface area contributed by atoms with Crippen molar-refractivity contribution in [2.75, 3.05) is 0 Å². The van der Waals surface area contributed by atoms with E-state index < -0.39 is 0 Å². The van der Waals surface area contributed by atoms with Crippen LogP contribution in [0, 0.1) is 0 Å². The van der Waals surface area contributed by atoms with Gasteiger partial charge in [0.2, 0.25) is 5.91 Å². The fourth-order valence-electron chi connectivity index (χ4n) is 1.97. The maximum absolute atomic E-state index is 11.3. The third kappa shape index (κ3) is 2.61. The average molecular weight is 218 g/mol. The van der Waals surface area contributed by atoms with E-state index in [0.29, 0.717) is 13.0 Å². The standard InChI is InChI=1S/C13H18N2O/c1-2-3-13(16)15-7-10-4-5-11-8-14-9-12(11)6-10/h4-6,14H,2-3,7-9H2,1H3,(H,15,16). The van der Waals surface area contributed by atoms with Crippen molar-refractivity contribution >= 4 is 5.91 Å². The molecule has 0 saturated carbocycles. The molecule has 0 aromatic heterocycles. The van der Waals surface area contributed by atoms with Gasteiger partial charge in [0.25, 0.3) is 0 Å². The number of nitrogens with one attached hydrogen (secondary N) is 2. The first kappa shape index (κ1) is 11.1. The van der Waals surface area contributed by atoms with Gasteiger partial charge in [-0.15, -0.1) is 0 Å². The van der Waals surface area contributed by atoms with E-state index in [1.54, 1.807) is 0 Å². The fraction of sp³-hybridized carbons (Fsp3) is 0.462. The normalized spacial score (nSPS) is 13.6. The van der Waals surface area contributed by atoms with E-state index in [1.165, 1.54) is 16.7 Å². The van der Waals surface area contributed by atoms with Crippen LogP contribution in [0.5, 0.6) is 0 Å². The summed E-state index contributed by atoms with van der Waals surface area (Å²) in [4.78, 5) is 11.3. The highest BCUT2D eigenvalue weighted by molar-refractivity contribution is 5.75. The molecule has 0 fully saturated rings. The van der Waals surface area contributed by atoms with Gasteiger partial charge in [-0.2, -0.15) is 0 Å². The van der Waals surface area contributed by atoms with Gasteiger partial charge in [0.05, 0.1) is 0 Å². The fourth-order valence-corrected chi connectivity index (χ4v) is 1.97. The van der Waals surface area contributed by atoms with E-state index in [1.807, 2.05) is 6.92 Å². The molecule has 3 nitrogen and oxygen atoms in total. The Morgan fingerprint density at radius 3 is 3.00 bits per heavy atom. The summed E-state index contributed by atoms with van der Waals surface area (Å²) in [6, 6.07) is 6.43. The highest BCUT2D eigenvalue weighted by Crippen LogP contribution is 2.16. The van der Waals surface area contributed by atoms with Gasteiger partial charge >= 0.3 is 0 Å². The van der Waals surface area contributed by atoms with E-state index in [0.717, 1.165) is 19.5 Å². The second-order valence-electron chi connectivity index (χ2n) is 4.23. The van der Waals surface area contributed by atoms with Crippen LogP contribution in [0.4, 0.5) is 0 Å². The molecule has 1 aliphatic rings. The van der Waals surface area contributed by atoms with E-state index in [2.05, 4.69) is 28.8 Å². The summed E-state index contributed by atoms with van der Waals surface area (Å²) >= 11 is 0. The zero-order valence-electron chi connectivity index (χ0n) is 9.68. The van der Waals surface area contributed by atoms with Gasteiger partial charge in [-0.25, -0.2) is 0 Å². The van der Waals surface area contributed by atoms with Crippen LogP contribution >= 0.6 is 0 Å². The average Bonchev–Trinajstić information content (AvgIpc) is 2.74. The molecule has 3 heteroatoms. The number of hydrogen-bond acceptors (Lipinski definition) is 2. The molecule has 16 heavy (non-hydrogen) atoms. The predicted octanol–water partition coefficient (Wildman–Crippen LogP) is 1.71. The van der Waals surface area contributed by atoms with Gasteiger partial charge < -0.3 is 10.6 Å². The van der Waals surface area contributed by atoms with Crippen molar-refractivity contribution in [3.63, 3.8) is 0 Å². The number of fused-ring (bicyclic) bond motifs is 1. The molecular weight excluding hydrogens is 200 g/mol. The molecule has 2 rings (SSSR count). The molecule has 0 radical (unpaired) electrons. The SMILES string of the molecule is CCCC(=O)NCc1ccc2c(c1)CNC2. The molecule has 0 bridgehead atoms. The Balaban J connectivity index is 1.93. The van der Waals surface area contributed by atoms with Gasteiger partial charge in [0.1, 0.15) is 0 Å². The van der Waals surface area contributed by atoms with Crippen molar-refractivity contribution in [3.8, 4) is 0 Å². The molecule has 1 aromatic rings. The van der Waals surface area contributed by atoms with Crippen molar-refractivity contribution in [3.05, 3.63) is 34.9 Å². The quantitative estimate of drug-likeness (QED) is 0.807. The third-order valence-corrected chi connectivity index (χ3v) is 2.87. The van der Waals surface area contributed by atoms with E-state index in [9.17, 15) is 4.79 Å². The lowest BCUT2D eigenvalue weighted by Gasteiger charge is -2.06. The van der Waals surface area contributed by atoms with Crippen molar-refractivity contribution in [1.82, 2.24) is 10.6 Å². The van der Waals surface area contributed by atoms with Crippen LogP contribution in [0.3, 0.4) is 0 Å². The van der Waals surface area contributed by atoms with Crippen molar-refractivity contribution in [1.29, 1.82) is 0 Å². The number of rotatable bonds is 4. The Morgan fingerprint density at radius 1 is 1.38 bits per heavy atom. The van der Waals surface area contributed by atoms with Gasteiger partial charge in [-0.1, -0.05) is 25.1 Å². The monoisotopic (exact) mass is 218 g/mol. The molecule has 0 aliphatic carbocycles. The number of hydrogen-bond donors (Lipinski definition) is 2. The van der Waals surface area contributed by atoms with E-state index in [-0.39, 0.29) is 5.91 Å². The number of amides is 1. The molecule has 0 atom stereocenters. The molecule has 2 N–H and O–H groups in total. The second-order valence-corrected chi connectivity index (χ2v) is 4.23. The molecule has 1 aromatic carbocycles. The van der Waals surface area contributed by atoms with Crippen LogP contribution in [0.15, 0.2) is 18.2 Å². The minimum absolute atomic E-state index is 0.140. The first-order valence-corrected chi connectivity index (χ1v) is 5.87. The molecular formula is C13H18N2O. The molecule has 1 aliphatic heterocycles. The zero-order valence-corrected chi connectivity index (χ0v) is 9.68. The topological polar surface area (TPSA) is 41.1 Å². The lowest BCUT2D eigenvalue weighted by Crippen LogP contribution is -2.22. The molecule has 1 heterocycles. The Kier molecular flexibility index (Phi) is 3.57. The van der Waals surface area contributed by atoms with Crippen molar-refractivity contribution in [2.45, 2.75) is 39.4 Å². The minimum Gasteiger partial charge on any atom is -0.352 e. The molecule has 0 unspecified atom stereocenters. The highest BCUT2D eigenvalue weighted by Gasteiger charge is 2.10. The van der Waals surface area contributed by atoms with Crippen LogP contribution in [-0.2, 0) is 24.4 Å². The minimum atomic E-state index is 0.140. The lowest BCUT2D eigenvalue weighted by atomic mass is 10.1. The molecule has 86 valence electrons. The van der Waals surface area contributed by atoms with Crippen molar-refractivity contribution < 1.29 is 4.79 Å². The van der Waals surface area contributed by atoms with Crippen LogP contribution in [0.2, 0.25) is 0 Å². The van der Waals surface area contributed by atoms with Gasteiger partial charge in [-0.3, -0.25) is 4.79 Å². The lowest BCUT2D eigenvalue weighted by molar-refractivity contribution is -0.121. The summed E-state index contributed by atoms with van der Waals surface area (Å²) in [5.74, 6) is 0.140. The maximum Gasteiger partial charge on any atom is 0.220 e. The highest BCUT2D eigenvalue weighted by atomic mass is 16.1. The maximum atomic E-state index is 11.3. The van der Waals surface area contributed by atoms with Crippen LogP contribution in [0.1, 0.15) is 36.5 Å². The summed E-state index contributed by atoms with van der Waals surface area (Å²) in [5, 5.41) is 6.24. The van der Waals surface area contributed by atoms with Crippen LogP contribution in [-0.4, -0.2) is 5.91 Å². The largest absolute Gasteiger partial charge is 0.352 e. The Morgan fingerprint density at radius 2 is 2.19 bits per heavy atom.